The number of unbranched alkanes of at least 4 members (excludes halogenated alkanes) is 2. The summed E-state index contributed by atoms with van der Waals surface area (Å²) in [5.74, 6) is 0. The van der Waals surface area contributed by atoms with Crippen LogP contribution in [0, 0.1) is 6.92 Å². The van der Waals surface area contributed by atoms with Gasteiger partial charge in [0.1, 0.15) is 5.69 Å². The summed E-state index contributed by atoms with van der Waals surface area (Å²) in [6.07, 6.45) is 3.31. The Kier molecular flexibility index (Phi) is 4.53. The van der Waals surface area contributed by atoms with E-state index in [2.05, 4.69) is 20.9 Å². The van der Waals surface area contributed by atoms with Gasteiger partial charge in [-0.2, -0.15) is 0 Å². The number of benzene rings is 1. The molecule has 3 nitrogen and oxygen atoms in total. The lowest BCUT2D eigenvalue weighted by atomic mass is 10.2. The van der Waals surface area contributed by atoms with Crippen LogP contribution in [0.5, 0.6) is 0 Å². The normalized spacial score (nSPS) is 11.0. The number of alkyl halides is 1. The van der Waals surface area contributed by atoms with Gasteiger partial charge in [0.15, 0.2) is 0 Å². The Bertz CT molecular complexity index is 592. The second kappa shape index (κ2) is 6.14. The van der Waals surface area contributed by atoms with Crippen LogP contribution in [0.2, 0.25) is 0 Å². The third kappa shape index (κ3) is 2.80. The Morgan fingerprint density at radius 1 is 1.22 bits per heavy atom. The van der Waals surface area contributed by atoms with E-state index >= 15 is 0 Å². The number of para-hydroxylation sites is 2. The molecule has 0 bridgehead atoms. The summed E-state index contributed by atoms with van der Waals surface area (Å²) < 4.78 is 1.85. The van der Waals surface area contributed by atoms with Gasteiger partial charge in [0, 0.05) is 11.9 Å². The van der Waals surface area contributed by atoms with Gasteiger partial charge in [-0.05, 0) is 31.9 Å². The average molecular weight is 309 g/mol. The summed E-state index contributed by atoms with van der Waals surface area (Å²) in [4.78, 5) is 16.5. The zero-order valence-corrected chi connectivity index (χ0v) is 12.1. The fourth-order valence-electron chi connectivity index (χ4n) is 2.08. The Morgan fingerprint density at radius 2 is 2.00 bits per heavy atom. The highest BCUT2D eigenvalue weighted by molar-refractivity contribution is 9.09. The molecular weight excluding hydrogens is 292 g/mol. The summed E-state index contributed by atoms with van der Waals surface area (Å²) in [5, 5.41) is 1.03. The van der Waals surface area contributed by atoms with Crippen molar-refractivity contribution in [2.24, 2.45) is 0 Å². The average Bonchev–Trinajstić information content (AvgIpc) is 2.38. The third-order valence-electron chi connectivity index (χ3n) is 3.03. The lowest BCUT2D eigenvalue weighted by Gasteiger charge is -2.10. The number of aryl methyl sites for hydroxylation is 2. The summed E-state index contributed by atoms with van der Waals surface area (Å²) >= 11 is 3.42. The summed E-state index contributed by atoms with van der Waals surface area (Å²) in [7, 11) is 0. The molecule has 0 aliphatic rings. The maximum absolute atomic E-state index is 12.1. The van der Waals surface area contributed by atoms with Crippen LogP contribution in [0.4, 0.5) is 0 Å². The van der Waals surface area contributed by atoms with E-state index in [0.717, 1.165) is 42.2 Å². The Morgan fingerprint density at radius 3 is 2.78 bits per heavy atom. The lowest BCUT2D eigenvalue weighted by Crippen LogP contribution is -2.24. The number of hydrogen-bond acceptors (Lipinski definition) is 2. The predicted octanol–water partition coefficient (Wildman–Crippen LogP) is 3.27. The van der Waals surface area contributed by atoms with Crippen LogP contribution in [0.3, 0.4) is 0 Å². The van der Waals surface area contributed by atoms with E-state index in [4.69, 9.17) is 0 Å². The standard InChI is InChI=1S/C14H17BrN2O/c1-11-14(18)17(10-6-2-5-9-15)13-8-4-3-7-12(13)16-11/h3-4,7-8H,2,5-6,9-10H2,1H3. The number of hydrogen-bond donors (Lipinski definition) is 0. The molecule has 1 aromatic heterocycles. The van der Waals surface area contributed by atoms with E-state index in [1.54, 1.807) is 6.92 Å². The fraction of sp³-hybridized carbons (Fsp3) is 0.429. The van der Waals surface area contributed by atoms with Gasteiger partial charge in [-0.3, -0.25) is 4.79 Å². The highest BCUT2D eigenvalue weighted by Crippen LogP contribution is 2.11. The molecule has 4 heteroatoms. The predicted molar refractivity (Wildman–Crippen MR) is 78.4 cm³/mol. The molecule has 0 aliphatic heterocycles. The molecule has 0 fully saturated rings. The number of fused-ring (bicyclic) bond motifs is 1. The van der Waals surface area contributed by atoms with Crippen molar-refractivity contribution in [1.29, 1.82) is 0 Å². The van der Waals surface area contributed by atoms with Crippen LogP contribution < -0.4 is 5.56 Å². The first-order chi connectivity index (χ1) is 8.74. The van der Waals surface area contributed by atoms with Gasteiger partial charge in [-0.15, -0.1) is 0 Å². The minimum atomic E-state index is 0.0348. The Hall–Kier alpha value is -1.16. The van der Waals surface area contributed by atoms with Crippen molar-refractivity contribution in [2.45, 2.75) is 32.7 Å². The van der Waals surface area contributed by atoms with Gasteiger partial charge in [0.25, 0.3) is 5.56 Å². The van der Waals surface area contributed by atoms with Crippen LogP contribution in [0.15, 0.2) is 29.1 Å². The lowest BCUT2D eigenvalue weighted by molar-refractivity contribution is 0.601. The molecule has 0 aliphatic carbocycles. The number of halogens is 1. The maximum Gasteiger partial charge on any atom is 0.272 e. The van der Waals surface area contributed by atoms with Gasteiger partial charge in [0.2, 0.25) is 0 Å². The minimum Gasteiger partial charge on any atom is -0.305 e. The van der Waals surface area contributed by atoms with Crippen molar-refractivity contribution in [2.75, 3.05) is 5.33 Å². The van der Waals surface area contributed by atoms with Crippen LogP contribution >= 0.6 is 15.9 Å². The van der Waals surface area contributed by atoms with Crippen LogP contribution in [0.25, 0.3) is 11.0 Å². The molecule has 96 valence electrons. The first-order valence-corrected chi connectivity index (χ1v) is 7.38. The first kappa shape index (κ1) is 13.3. The number of aromatic nitrogens is 2. The van der Waals surface area contributed by atoms with E-state index in [1.165, 1.54) is 0 Å². The molecule has 0 N–H and O–H groups in total. The minimum absolute atomic E-state index is 0.0348. The molecule has 0 saturated heterocycles. The van der Waals surface area contributed by atoms with Gasteiger partial charge < -0.3 is 4.57 Å². The molecule has 18 heavy (non-hydrogen) atoms. The monoisotopic (exact) mass is 308 g/mol. The third-order valence-corrected chi connectivity index (χ3v) is 3.59. The molecule has 0 atom stereocenters. The van der Waals surface area contributed by atoms with Crippen LogP contribution in [-0.2, 0) is 6.54 Å². The van der Waals surface area contributed by atoms with E-state index in [1.807, 2.05) is 28.8 Å². The molecule has 0 saturated carbocycles. The molecule has 1 aromatic carbocycles. The molecule has 1 heterocycles. The maximum atomic E-state index is 12.1. The molecule has 0 amide bonds. The largest absolute Gasteiger partial charge is 0.305 e. The molecule has 0 unspecified atom stereocenters. The van der Waals surface area contributed by atoms with Crippen molar-refractivity contribution in [1.82, 2.24) is 9.55 Å². The zero-order chi connectivity index (χ0) is 13.0. The van der Waals surface area contributed by atoms with E-state index in [9.17, 15) is 4.79 Å². The Balaban J connectivity index is 2.35. The van der Waals surface area contributed by atoms with Crippen molar-refractivity contribution >= 4 is 27.0 Å². The van der Waals surface area contributed by atoms with Gasteiger partial charge in [-0.1, -0.05) is 34.5 Å². The molecule has 2 rings (SSSR count). The Labute approximate surface area is 115 Å². The topological polar surface area (TPSA) is 34.9 Å². The summed E-state index contributed by atoms with van der Waals surface area (Å²) in [6.45, 7) is 2.56. The van der Waals surface area contributed by atoms with Gasteiger partial charge in [0.05, 0.1) is 11.0 Å². The molecule has 0 radical (unpaired) electrons. The van der Waals surface area contributed by atoms with Crippen LogP contribution in [0.1, 0.15) is 25.0 Å². The first-order valence-electron chi connectivity index (χ1n) is 6.26. The summed E-state index contributed by atoms with van der Waals surface area (Å²) in [5.41, 5.74) is 2.45. The van der Waals surface area contributed by atoms with Crippen LogP contribution in [-0.4, -0.2) is 14.9 Å². The smallest absolute Gasteiger partial charge is 0.272 e. The highest BCUT2D eigenvalue weighted by atomic mass is 79.9. The fourth-order valence-corrected chi connectivity index (χ4v) is 2.48. The quantitative estimate of drug-likeness (QED) is 0.627. The molecule has 0 spiro atoms. The highest BCUT2D eigenvalue weighted by Gasteiger charge is 2.06. The second-order valence-corrected chi connectivity index (χ2v) is 5.19. The van der Waals surface area contributed by atoms with E-state index in [-0.39, 0.29) is 5.56 Å². The molecular formula is C14H17BrN2O. The number of nitrogens with zero attached hydrogens (tertiary/aromatic N) is 2. The summed E-state index contributed by atoms with van der Waals surface area (Å²) in [6, 6.07) is 7.83. The molecule has 2 aromatic rings. The van der Waals surface area contributed by atoms with Gasteiger partial charge in [-0.25, -0.2) is 4.98 Å². The number of rotatable bonds is 5. The van der Waals surface area contributed by atoms with Crippen molar-refractivity contribution in [3.8, 4) is 0 Å². The van der Waals surface area contributed by atoms with E-state index < -0.39 is 0 Å². The second-order valence-electron chi connectivity index (χ2n) is 4.39. The van der Waals surface area contributed by atoms with Crippen molar-refractivity contribution in [3.05, 3.63) is 40.3 Å². The van der Waals surface area contributed by atoms with E-state index in [0.29, 0.717) is 5.69 Å². The van der Waals surface area contributed by atoms with Gasteiger partial charge >= 0.3 is 0 Å². The zero-order valence-electron chi connectivity index (χ0n) is 10.5. The van der Waals surface area contributed by atoms with Crippen molar-refractivity contribution in [3.63, 3.8) is 0 Å². The van der Waals surface area contributed by atoms with Crippen molar-refractivity contribution < 1.29 is 0 Å². The SMILES string of the molecule is Cc1nc2ccccc2n(CCCCCBr)c1=O.